The third-order valence-electron chi connectivity index (χ3n) is 3.64. The molecule has 0 radical (unpaired) electrons. The van der Waals surface area contributed by atoms with Crippen molar-refractivity contribution in [3.05, 3.63) is 51.6 Å². The Kier molecular flexibility index (Phi) is 3.20. The number of nitro benzene ring substituents is 1. The first-order valence-electron chi connectivity index (χ1n) is 7.20. The Balaban J connectivity index is 1.77. The number of nitrogens with one attached hydrogen (secondary N) is 1. The summed E-state index contributed by atoms with van der Waals surface area (Å²) in [5.41, 5.74) is 3.64. The Bertz CT molecular complexity index is 1100. The molecule has 4 aromatic rings. The van der Waals surface area contributed by atoms with Crippen molar-refractivity contribution < 1.29 is 9.34 Å². The predicted octanol–water partition coefficient (Wildman–Crippen LogP) is 4.71. The lowest BCUT2D eigenvalue weighted by molar-refractivity contribution is -0.383. The fourth-order valence-corrected chi connectivity index (χ4v) is 3.55. The number of non-ortho nitro benzene ring substituents is 1. The second-order valence-electron chi connectivity index (χ2n) is 5.47. The molecular weight excluding hydrogens is 328 g/mol. The first-order chi connectivity index (χ1) is 11.5. The Morgan fingerprint density at radius 2 is 2.08 bits per heavy atom. The molecule has 0 bridgehead atoms. The Hall–Kier alpha value is -3.00. The van der Waals surface area contributed by atoms with E-state index in [1.54, 1.807) is 0 Å². The largest absolute Gasteiger partial charge is 0.423 e. The van der Waals surface area contributed by atoms with E-state index < -0.39 is 4.92 Å². The molecule has 0 saturated heterocycles. The number of anilines is 2. The van der Waals surface area contributed by atoms with Crippen LogP contribution in [0.5, 0.6) is 0 Å². The normalized spacial score (nSPS) is 11.2. The molecule has 8 heteroatoms. The van der Waals surface area contributed by atoms with Gasteiger partial charge >= 0.3 is 6.01 Å². The standard InChI is InChI=1S/C16H12N4O3S/c1-8-6-11(20(21)22)13-12(7-8)24-16(18-13)19-15-17-10-5-3-4-9(2)14(10)23-15/h3-7H,1-2H3,(H,17,18,19). The maximum atomic E-state index is 11.2. The lowest BCUT2D eigenvalue weighted by atomic mass is 10.2. The summed E-state index contributed by atoms with van der Waals surface area (Å²) in [6.45, 7) is 3.77. The highest BCUT2D eigenvalue weighted by Crippen LogP contribution is 2.35. The molecule has 0 amide bonds. The molecule has 0 unspecified atom stereocenters. The number of hydrogen-bond acceptors (Lipinski definition) is 7. The van der Waals surface area contributed by atoms with Gasteiger partial charge in [0.1, 0.15) is 5.52 Å². The van der Waals surface area contributed by atoms with Crippen LogP contribution in [0.3, 0.4) is 0 Å². The molecule has 0 saturated carbocycles. The average Bonchev–Trinajstić information content (AvgIpc) is 3.10. The maximum Gasteiger partial charge on any atom is 0.302 e. The van der Waals surface area contributed by atoms with Crippen molar-refractivity contribution in [2.45, 2.75) is 13.8 Å². The number of rotatable bonds is 3. The van der Waals surface area contributed by atoms with Crippen molar-refractivity contribution in [2.24, 2.45) is 0 Å². The number of para-hydroxylation sites is 1. The molecule has 2 aromatic carbocycles. The molecule has 0 aliphatic carbocycles. The highest BCUT2D eigenvalue weighted by molar-refractivity contribution is 7.22. The molecular formula is C16H12N4O3S. The van der Waals surface area contributed by atoms with Gasteiger partial charge in [-0.05, 0) is 37.1 Å². The van der Waals surface area contributed by atoms with E-state index in [4.69, 9.17) is 4.42 Å². The van der Waals surface area contributed by atoms with Crippen LogP contribution in [0.2, 0.25) is 0 Å². The summed E-state index contributed by atoms with van der Waals surface area (Å²) in [6, 6.07) is 9.44. The quantitative estimate of drug-likeness (QED) is 0.429. The Morgan fingerprint density at radius 3 is 2.83 bits per heavy atom. The van der Waals surface area contributed by atoms with E-state index in [9.17, 15) is 10.1 Å². The van der Waals surface area contributed by atoms with Gasteiger partial charge in [0.05, 0.1) is 9.62 Å². The zero-order valence-corrected chi connectivity index (χ0v) is 13.7. The molecule has 4 rings (SSSR count). The minimum atomic E-state index is -0.415. The summed E-state index contributed by atoms with van der Waals surface area (Å²) < 4.78 is 6.46. The van der Waals surface area contributed by atoms with Crippen molar-refractivity contribution >= 4 is 49.5 Å². The van der Waals surface area contributed by atoms with Crippen LogP contribution < -0.4 is 5.32 Å². The van der Waals surface area contributed by atoms with E-state index in [0.717, 1.165) is 21.3 Å². The van der Waals surface area contributed by atoms with Gasteiger partial charge in [-0.15, -0.1) is 0 Å². The summed E-state index contributed by atoms with van der Waals surface area (Å²) >= 11 is 1.33. The SMILES string of the molecule is Cc1cc([N+](=O)[O-])c2nc(Nc3nc4cccc(C)c4o3)sc2c1. The van der Waals surface area contributed by atoms with Crippen LogP contribution in [0.1, 0.15) is 11.1 Å². The minimum Gasteiger partial charge on any atom is -0.423 e. The van der Waals surface area contributed by atoms with Gasteiger partial charge in [-0.1, -0.05) is 23.5 Å². The van der Waals surface area contributed by atoms with Crippen LogP contribution in [-0.2, 0) is 0 Å². The summed E-state index contributed by atoms with van der Waals surface area (Å²) in [5.74, 6) is 0. The molecule has 7 nitrogen and oxygen atoms in total. The van der Waals surface area contributed by atoms with Crippen LogP contribution in [0, 0.1) is 24.0 Å². The third-order valence-corrected chi connectivity index (χ3v) is 4.56. The molecule has 2 heterocycles. The van der Waals surface area contributed by atoms with Crippen molar-refractivity contribution in [1.29, 1.82) is 0 Å². The lowest BCUT2D eigenvalue weighted by Crippen LogP contribution is -1.91. The highest BCUT2D eigenvalue weighted by atomic mass is 32.1. The first kappa shape index (κ1) is 14.6. The summed E-state index contributed by atoms with van der Waals surface area (Å²) in [4.78, 5) is 19.5. The van der Waals surface area contributed by atoms with Crippen molar-refractivity contribution in [3.8, 4) is 0 Å². The van der Waals surface area contributed by atoms with Crippen LogP contribution in [0.25, 0.3) is 21.3 Å². The van der Waals surface area contributed by atoms with E-state index in [-0.39, 0.29) is 5.69 Å². The second-order valence-corrected chi connectivity index (χ2v) is 6.50. The number of hydrogen-bond donors (Lipinski definition) is 1. The fourth-order valence-electron chi connectivity index (χ4n) is 2.57. The van der Waals surface area contributed by atoms with Gasteiger partial charge in [0, 0.05) is 6.07 Å². The van der Waals surface area contributed by atoms with Crippen molar-refractivity contribution in [1.82, 2.24) is 9.97 Å². The number of aryl methyl sites for hydroxylation is 2. The maximum absolute atomic E-state index is 11.2. The number of thiazole rings is 1. The molecule has 24 heavy (non-hydrogen) atoms. The van der Waals surface area contributed by atoms with E-state index in [1.807, 2.05) is 38.1 Å². The minimum absolute atomic E-state index is 0.00251. The molecule has 120 valence electrons. The second kappa shape index (κ2) is 5.27. The summed E-state index contributed by atoms with van der Waals surface area (Å²) in [6.07, 6.45) is 0. The average molecular weight is 340 g/mol. The zero-order valence-electron chi connectivity index (χ0n) is 12.9. The van der Waals surface area contributed by atoms with Gasteiger partial charge < -0.3 is 4.42 Å². The monoisotopic (exact) mass is 340 g/mol. The summed E-state index contributed by atoms with van der Waals surface area (Å²) in [5, 5.41) is 14.7. The Labute approximate surface area is 140 Å². The molecule has 1 N–H and O–H groups in total. The van der Waals surface area contributed by atoms with Gasteiger partial charge in [0.15, 0.2) is 16.2 Å². The van der Waals surface area contributed by atoms with Crippen molar-refractivity contribution in [3.63, 3.8) is 0 Å². The molecule has 0 atom stereocenters. The van der Waals surface area contributed by atoms with E-state index in [1.165, 1.54) is 17.4 Å². The van der Waals surface area contributed by atoms with Crippen LogP contribution in [0.15, 0.2) is 34.7 Å². The number of aromatic nitrogens is 2. The number of nitrogens with zero attached hydrogens (tertiary/aromatic N) is 3. The summed E-state index contributed by atoms with van der Waals surface area (Å²) in [7, 11) is 0. The molecule has 2 aromatic heterocycles. The van der Waals surface area contributed by atoms with Crippen LogP contribution in [-0.4, -0.2) is 14.9 Å². The molecule has 0 fully saturated rings. The van der Waals surface area contributed by atoms with E-state index >= 15 is 0 Å². The predicted molar refractivity (Wildman–Crippen MR) is 93.0 cm³/mol. The number of fused-ring (bicyclic) bond motifs is 2. The smallest absolute Gasteiger partial charge is 0.302 e. The highest BCUT2D eigenvalue weighted by Gasteiger charge is 2.18. The van der Waals surface area contributed by atoms with E-state index in [2.05, 4.69) is 15.3 Å². The first-order valence-corrected chi connectivity index (χ1v) is 8.01. The fraction of sp³-hybridized carbons (Fsp3) is 0.125. The number of nitro groups is 1. The number of oxazole rings is 1. The third kappa shape index (κ3) is 2.37. The zero-order chi connectivity index (χ0) is 16.8. The van der Waals surface area contributed by atoms with Gasteiger partial charge in [0.2, 0.25) is 0 Å². The van der Waals surface area contributed by atoms with Gasteiger partial charge in [-0.3, -0.25) is 15.4 Å². The van der Waals surface area contributed by atoms with Gasteiger partial charge in [-0.2, -0.15) is 4.98 Å². The van der Waals surface area contributed by atoms with Gasteiger partial charge in [0.25, 0.3) is 5.69 Å². The molecule has 0 spiro atoms. The number of benzene rings is 2. The lowest BCUT2D eigenvalue weighted by Gasteiger charge is -1.94. The topological polar surface area (TPSA) is 94.1 Å². The van der Waals surface area contributed by atoms with E-state index in [0.29, 0.717) is 22.2 Å². The molecule has 0 aliphatic rings. The molecule has 0 aliphatic heterocycles. The Morgan fingerprint density at radius 1 is 1.25 bits per heavy atom. The van der Waals surface area contributed by atoms with Crippen LogP contribution in [0.4, 0.5) is 16.8 Å². The van der Waals surface area contributed by atoms with Gasteiger partial charge in [-0.25, -0.2) is 4.98 Å². The van der Waals surface area contributed by atoms with Crippen molar-refractivity contribution in [2.75, 3.05) is 5.32 Å². The van der Waals surface area contributed by atoms with Crippen LogP contribution >= 0.6 is 11.3 Å².